The van der Waals surface area contributed by atoms with E-state index in [4.69, 9.17) is 9.73 Å². The zero-order valence-electron chi connectivity index (χ0n) is 19.3. The van der Waals surface area contributed by atoms with Crippen molar-refractivity contribution in [3.8, 4) is 5.75 Å². The molecule has 0 aromatic heterocycles. The van der Waals surface area contributed by atoms with E-state index in [0.29, 0.717) is 19.6 Å². The second-order valence-electron chi connectivity index (χ2n) is 8.26. The van der Waals surface area contributed by atoms with E-state index in [9.17, 15) is 4.79 Å². The smallest absolute Gasteiger partial charge is 0.223 e. The van der Waals surface area contributed by atoms with Crippen LogP contribution >= 0.6 is 0 Å². The van der Waals surface area contributed by atoms with Crippen LogP contribution in [0.2, 0.25) is 0 Å². The fourth-order valence-electron chi connectivity index (χ4n) is 3.84. The Morgan fingerprint density at radius 2 is 1.91 bits per heavy atom. The summed E-state index contributed by atoms with van der Waals surface area (Å²) in [4.78, 5) is 19.1. The number of nitrogens with one attached hydrogen (secondary N) is 2. The molecule has 0 saturated carbocycles. The quantitative estimate of drug-likeness (QED) is 0.322. The van der Waals surface area contributed by atoms with Gasteiger partial charge >= 0.3 is 0 Å². The molecular formula is C26H36N4O2. The van der Waals surface area contributed by atoms with E-state index >= 15 is 0 Å². The van der Waals surface area contributed by atoms with Crippen molar-refractivity contribution in [1.82, 2.24) is 15.5 Å². The summed E-state index contributed by atoms with van der Waals surface area (Å²) < 4.78 is 5.86. The molecule has 1 aliphatic heterocycles. The highest BCUT2D eigenvalue weighted by atomic mass is 16.5. The fraction of sp³-hybridized carbons (Fsp3) is 0.462. The second-order valence-corrected chi connectivity index (χ2v) is 8.26. The number of hydrogen-bond acceptors (Lipinski definition) is 3. The number of hydrogen-bond donors (Lipinski definition) is 2. The molecule has 1 fully saturated rings. The summed E-state index contributed by atoms with van der Waals surface area (Å²) in [6.07, 6.45) is 2.37. The molecule has 2 aromatic carbocycles. The van der Waals surface area contributed by atoms with Crippen molar-refractivity contribution < 1.29 is 9.53 Å². The highest BCUT2D eigenvalue weighted by molar-refractivity contribution is 5.80. The lowest BCUT2D eigenvalue weighted by atomic mass is 10.1. The number of carbonyl (C=O) groups excluding carboxylic acids is 1. The minimum absolute atomic E-state index is 0.243. The van der Waals surface area contributed by atoms with Gasteiger partial charge in [0.25, 0.3) is 0 Å². The lowest BCUT2D eigenvalue weighted by molar-refractivity contribution is -0.127. The van der Waals surface area contributed by atoms with Gasteiger partial charge in [-0.15, -0.1) is 0 Å². The topological polar surface area (TPSA) is 66.0 Å². The van der Waals surface area contributed by atoms with Crippen LogP contribution in [0.4, 0.5) is 0 Å². The van der Waals surface area contributed by atoms with Crippen molar-refractivity contribution in [3.05, 3.63) is 65.7 Å². The lowest BCUT2D eigenvalue weighted by Crippen LogP contribution is -2.38. The molecule has 6 heteroatoms. The van der Waals surface area contributed by atoms with E-state index < -0.39 is 0 Å². The van der Waals surface area contributed by atoms with Crippen molar-refractivity contribution in [1.29, 1.82) is 0 Å². The Hall–Kier alpha value is -3.02. The molecule has 0 aliphatic carbocycles. The number of amides is 1. The summed E-state index contributed by atoms with van der Waals surface area (Å²) in [6, 6.07) is 18.4. The molecule has 1 unspecified atom stereocenters. The molecule has 0 radical (unpaired) electrons. The van der Waals surface area contributed by atoms with Gasteiger partial charge in [0.05, 0.1) is 6.61 Å². The molecule has 1 saturated heterocycles. The first-order valence-electron chi connectivity index (χ1n) is 11.7. The first kappa shape index (κ1) is 23.6. The van der Waals surface area contributed by atoms with Crippen LogP contribution < -0.4 is 15.4 Å². The number of ether oxygens (including phenoxy) is 1. The Morgan fingerprint density at radius 1 is 1.12 bits per heavy atom. The first-order valence-corrected chi connectivity index (χ1v) is 11.7. The molecule has 1 heterocycles. The summed E-state index contributed by atoms with van der Waals surface area (Å²) in [5.41, 5.74) is 2.42. The van der Waals surface area contributed by atoms with Gasteiger partial charge in [-0.2, -0.15) is 0 Å². The minimum Gasteiger partial charge on any atom is -0.493 e. The van der Waals surface area contributed by atoms with E-state index in [1.54, 1.807) is 0 Å². The van der Waals surface area contributed by atoms with Crippen LogP contribution in [0.1, 0.15) is 30.9 Å². The summed E-state index contributed by atoms with van der Waals surface area (Å²) >= 11 is 0. The Morgan fingerprint density at radius 3 is 2.69 bits per heavy atom. The zero-order valence-corrected chi connectivity index (χ0v) is 19.3. The van der Waals surface area contributed by atoms with Crippen LogP contribution in [0, 0.1) is 12.8 Å². The summed E-state index contributed by atoms with van der Waals surface area (Å²) in [6.45, 7) is 8.58. The summed E-state index contributed by atoms with van der Waals surface area (Å²) in [5.74, 6) is 2.26. The second kappa shape index (κ2) is 12.7. The third kappa shape index (κ3) is 7.59. The summed E-state index contributed by atoms with van der Waals surface area (Å²) in [7, 11) is 0. The maximum absolute atomic E-state index is 12.4. The van der Waals surface area contributed by atoms with Gasteiger partial charge in [0.15, 0.2) is 5.96 Å². The Balaban J connectivity index is 1.38. The Bertz CT molecular complexity index is 869. The highest BCUT2D eigenvalue weighted by Crippen LogP contribution is 2.19. The van der Waals surface area contributed by atoms with Gasteiger partial charge < -0.3 is 20.3 Å². The number of nitrogens with zero attached hydrogens (tertiary/aromatic N) is 2. The van der Waals surface area contributed by atoms with Crippen LogP contribution in [0.5, 0.6) is 5.75 Å². The van der Waals surface area contributed by atoms with E-state index in [1.807, 2.05) is 41.3 Å². The number of rotatable bonds is 11. The number of guanidine groups is 1. The fourth-order valence-corrected chi connectivity index (χ4v) is 3.84. The molecule has 2 aromatic rings. The molecule has 2 N–H and O–H groups in total. The zero-order chi connectivity index (χ0) is 22.6. The van der Waals surface area contributed by atoms with Gasteiger partial charge in [0, 0.05) is 45.1 Å². The normalized spacial score (nSPS) is 16.3. The average Bonchev–Trinajstić information content (AvgIpc) is 3.17. The molecule has 1 atom stereocenters. The van der Waals surface area contributed by atoms with Crippen LogP contribution in [0.25, 0.3) is 0 Å². The van der Waals surface area contributed by atoms with Crippen molar-refractivity contribution in [3.63, 3.8) is 0 Å². The van der Waals surface area contributed by atoms with Crippen molar-refractivity contribution in [2.75, 3.05) is 39.3 Å². The molecule has 0 spiro atoms. The van der Waals surface area contributed by atoms with Gasteiger partial charge in [-0.3, -0.25) is 9.79 Å². The monoisotopic (exact) mass is 436 g/mol. The molecule has 1 aliphatic rings. The molecule has 32 heavy (non-hydrogen) atoms. The predicted octanol–water partition coefficient (Wildman–Crippen LogP) is 3.41. The number of para-hydroxylation sites is 1. The molecule has 172 valence electrons. The average molecular weight is 437 g/mol. The van der Waals surface area contributed by atoms with Crippen molar-refractivity contribution in [2.45, 2.75) is 33.1 Å². The van der Waals surface area contributed by atoms with Gasteiger partial charge in [0.1, 0.15) is 5.75 Å². The van der Waals surface area contributed by atoms with E-state index in [0.717, 1.165) is 56.3 Å². The van der Waals surface area contributed by atoms with E-state index in [1.165, 1.54) is 5.56 Å². The SMILES string of the molecule is CCNC(=NCC1CC(=O)N(CCc2ccccc2)C1)NCCCOc1ccccc1C. The largest absolute Gasteiger partial charge is 0.493 e. The van der Waals surface area contributed by atoms with Gasteiger partial charge in [-0.1, -0.05) is 48.5 Å². The maximum Gasteiger partial charge on any atom is 0.223 e. The molecular weight excluding hydrogens is 400 g/mol. The number of carbonyl (C=O) groups is 1. The third-order valence-electron chi connectivity index (χ3n) is 5.62. The molecule has 3 rings (SSSR count). The van der Waals surface area contributed by atoms with Gasteiger partial charge in [-0.25, -0.2) is 0 Å². The third-order valence-corrected chi connectivity index (χ3v) is 5.62. The van der Waals surface area contributed by atoms with E-state index in [2.05, 4.69) is 42.7 Å². The van der Waals surface area contributed by atoms with Crippen molar-refractivity contribution >= 4 is 11.9 Å². The summed E-state index contributed by atoms with van der Waals surface area (Å²) in [5, 5.41) is 6.67. The number of aryl methyl sites for hydroxylation is 1. The number of aliphatic imine (C=N–C) groups is 1. The molecule has 0 bridgehead atoms. The van der Waals surface area contributed by atoms with E-state index in [-0.39, 0.29) is 11.8 Å². The van der Waals surface area contributed by atoms with Crippen LogP contribution in [0.15, 0.2) is 59.6 Å². The number of benzene rings is 2. The molecule has 1 amide bonds. The maximum atomic E-state index is 12.4. The highest BCUT2D eigenvalue weighted by Gasteiger charge is 2.28. The van der Waals surface area contributed by atoms with Crippen LogP contribution in [0.3, 0.4) is 0 Å². The van der Waals surface area contributed by atoms with Gasteiger partial charge in [0.2, 0.25) is 5.91 Å². The lowest BCUT2D eigenvalue weighted by Gasteiger charge is -2.16. The number of likely N-dealkylation sites (tertiary alicyclic amines) is 1. The van der Waals surface area contributed by atoms with Crippen LogP contribution in [-0.4, -0.2) is 56.1 Å². The standard InChI is InChI=1S/C26H36N4O2/c1-3-27-26(28-15-9-17-32-24-13-8-7-10-21(24)2)29-19-23-18-25(31)30(20-23)16-14-22-11-5-4-6-12-22/h4-8,10-13,23H,3,9,14-20H2,1-2H3,(H2,27,28,29). The first-order chi connectivity index (χ1) is 15.7. The van der Waals surface area contributed by atoms with Crippen molar-refractivity contribution in [2.24, 2.45) is 10.9 Å². The molecule has 6 nitrogen and oxygen atoms in total. The van der Waals surface area contributed by atoms with Gasteiger partial charge in [-0.05, 0) is 43.9 Å². The Kier molecular flexibility index (Phi) is 9.41. The predicted molar refractivity (Wildman–Crippen MR) is 130 cm³/mol. The Labute approximate surface area is 192 Å². The minimum atomic E-state index is 0.243. The van der Waals surface area contributed by atoms with Crippen LogP contribution in [-0.2, 0) is 11.2 Å².